The highest BCUT2D eigenvalue weighted by atomic mass is 19.4. The molecule has 0 radical (unpaired) electrons. The first-order chi connectivity index (χ1) is 8.92. The quantitative estimate of drug-likeness (QED) is 0.825. The lowest BCUT2D eigenvalue weighted by Crippen LogP contribution is -2.59. The maximum absolute atomic E-state index is 13.3. The average molecular weight is 280 g/mol. The van der Waals surface area contributed by atoms with Gasteiger partial charge < -0.3 is 15.0 Å². The highest BCUT2D eigenvalue weighted by molar-refractivity contribution is 5.84. The van der Waals surface area contributed by atoms with Crippen LogP contribution in [-0.2, 0) is 9.53 Å². The first-order valence-corrected chi connectivity index (χ1v) is 6.58. The molecule has 1 amide bonds. The molecule has 4 nitrogen and oxygen atoms in total. The number of rotatable bonds is 2. The van der Waals surface area contributed by atoms with Crippen LogP contribution in [-0.4, -0.2) is 55.9 Å². The molecule has 0 bridgehead atoms. The molecule has 0 saturated carbocycles. The molecule has 0 aromatic heterocycles. The van der Waals surface area contributed by atoms with Crippen molar-refractivity contribution in [3.63, 3.8) is 0 Å². The molecule has 2 saturated heterocycles. The van der Waals surface area contributed by atoms with Crippen molar-refractivity contribution in [1.82, 2.24) is 10.2 Å². The summed E-state index contributed by atoms with van der Waals surface area (Å²) in [5.74, 6) is -0.792. The Labute approximate surface area is 110 Å². The van der Waals surface area contributed by atoms with Crippen molar-refractivity contribution in [2.24, 2.45) is 5.41 Å². The Kier molecular flexibility index (Phi) is 4.06. The van der Waals surface area contributed by atoms with E-state index >= 15 is 0 Å². The van der Waals surface area contributed by atoms with Crippen LogP contribution in [0.2, 0.25) is 0 Å². The van der Waals surface area contributed by atoms with Gasteiger partial charge in [-0.15, -0.1) is 0 Å². The van der Waals surface area contributed by atoms with Gasteiger partial charge in [0.15, 0.2) is 5.41 Å². The van der Waals surface area contributed by atoms with Crippen molar-refractivity contribution in [3.8, 4) is 0 Å². The van der Waals surface area contributed by atoms with Crippen molar-refractivity contribution in [1.29, 1.82) is 0 Å². The summed E-state index contributed by atoms with van der Waals surface area (Å²) in [5.41, 5.74) is -2.25. The Bertz CT molecular complexity index is 340. The summed E-state index contributed by atoms with van der Waals surface area (Å²) in [4.78, 5) is 13.8. The van der Waals surface area contributed by atoms with Crippen LogP contribution in [0, 0.1) is 5.41 Å². The van der Waals surface area contributed by atoms with Crippen molar-refractivity contribution in [2.75, 3.05) is 32.8 Å². The van der Waals surface area contributed by atoms with Gasteiger partial charge in [-0.1, -0.05) is 6.92 Å². The van der Waals surface area contributed by atoms with E-state index in [2.05, 4.69) is 5.32 Å². The molecule has 2 aliphatic heterocycles. The lowest BCUT2D eigenvalue weighted by Gasteiger charge is -2.41. The number of carbonyl (C=O) groups excluding carboxylic acids is 1. The molecule has 0 aromatic rings. The van der Waals surface area contributed by atoms with E-state index in [9.17, 15) is 18.0 Å². The smallest absolute Gasteiger partial charge is 0.377 e. The zero-order valence-electron chi connectivity index (χ0n) is 10.9. The fourth-order valence-electron chi connectivity index (χ4n) is 2.77. The molecule has 2 rings (SSSR count). The van der Waals surface area contributed by atoms with Crippen molar-refractivity contribution < 1.29 is 22.7 Å². The van der Waals surface area contributed by atoms with Gasteiger partial charge in [-0.3, -0.25) is 4.79 Å². The van der Waals surface area contributed by atoms with Crippen molar-refractivity contribution in [3.05, 3.63) is 0 Å². The third-order valence-electron chi connectivity index (χ3n) is 4.07. The maximum Gasteiger partial charge on any atom is 0.404 e. The summed E-state index contributed by atoms with van der Waals surface area (Å²) in [7, 11) is 0. The van der Waals surface area contributed by atoms with E-state index in [1.807, 2.05) is 6.92 Å². The van der Waals surface area contributed by atoms with E-state index in [1.54, 1.807) is 0 Å². The lowest BCUT2D eigenvalue weighted by atomic mass is 9.84. The maximum atomic E-state index is 13.3. The number of ether oxygens (including phenoxy) is 1. The molecule has 110 valence electrons. The monoisotopic (exact) mass is 280 g/mol. The SMILES string of the molecule is CCC1COCCN1C(=O)C1(C(F)(F)F)CCNC1. The molecule has 2 atom stereocenters. The van der Waals surface area contributed by atoms with Gasteiger partial charge >= 0.3 is 6.18 Å². The van der Waals surface area contributed by atoms with Gasteiger partial charge in [-0.25, -0.2) is 0 Å². The summed E-state index contributed by atoms with van der Waals surface area (Å²) in [6, 6.07) is -0.249. The Morgan fingerprint density at radius 1 is 1.53 bits per heavy atom. The summed E-state index contributed by atoms with van der Waals surface area (Å²) in [6.45, 7) is 2.64. The highest BCUT2D eigenvalue weighted by Gasteiger charge is 2.62. The molecule has 0 aromatic carbocycles. The van der Waals surface area contributed by atoms with E-state index in [4.69, 9.17) is 4.74 Å². The van der Waals surface area contributed by atoms with Gasteiger partial charge in [0.25, 0.3) is 0 Å². The number of nitrogens with zero attached hydrogens (tertiary/aromatic N) is 1. The van der Waals surface area contributed by atoms with E-state index in [0.29, 0.717) is 19.6 Å². The normalized spacial score (nSPS) is 32.6. The Hall–Kier alpha value is -0.820. The zero-order valence-corrected chi connectivity index (χ0v) is 10.9. The van der Waals surface area contributed by atoms with Crippen LogP contribution < -0.4 is 5.32 Å². The predicted molar refractivity (Wildman–Crippen MR) is 62.6 cm³/mol. The molecule has 7 heteroatoms. The topological polar surface area (TPSA) is 41.6 Å². The van der Waals surface area contributed by atoms with E-state index in [1.165, 1.54) is 4.90 Å². The van der Waals surface area contributed by atoms with Gasteiger partial charge in [0.2, 0.25) is 5.91 Å². The van der Waals surface area contributed by atoms with Gasteiger partial charge in [-0.2, -0.15) is 13.2 Å². The zero-order chi connectivity index (χ0) is 14.1. The fourth-order valence-corrected chi connectivity index (χ4v) is 2.77. The van der Waals surface area contributed by atoms with E-state index in [-0.39, 0.29) is 32.1 Å². The molecule has 2 fully saturated rings. The second kappa shape index (κ2) is 5.28. The fraction of sp³-hybridized carbons (Fsp3) is 0.917. The van der Waals surface area contributed by atoms with Crippen LogP contribution in [0.1, 0.15) is 19.8 Å². The second-order valence-electron chi connectivity index (χ2n) is 5.14. The minimum Gasteiger partial charge on any atom is -0.377 e. The first-order valence-electron chi connectivity index (χ1n) is 6.58. The molecular weight excluding hydrogens is 261 g/mol. The first kappa shape index (κ1) is 14.6. The third kappa shape index (κ3) is 2.45. The molecule has 1 N–H and O–H groups in total. The minimum absolute atomic E-state index is 0.177. The molecule has 0 spiro atoms. The van der Waals surface area contributed by atoms with Crippen LogP contribution >= 0.6 is 0 Å². The second-order valence-corrected chi connectivity index (χ2v) is 5.14. The largest absolute Gasteiger partial charge is 0.404 e. The molecular formula is C12H19F3N2O2. The summed E-state index contributed by atoms with van der Waals surface area (Å²) >= 11 is 0. The number of hydrogen-bond acceptors (Lipinski definition) is 3. The van der Waals surface area contributed by atoms with Crippen molar-refractivity contribution >= 4 is 5.91 Å². The Morgan fingerprint density at radius 3 is 2.79 bits per heavy atom. The number of nitrogens with one attached hydrogen (secondary N) is 1. The number of amides is 1. The van der Waals surface area contributed by atoms with E-state index < -0.39 is 17.5 Å². The Morgan fingerprint density at radius 2 is 2.26 bits per heavy atom. The molecule has 2 heterocycles. The van der Waals surface area contributed by atoms with Crippen LogP contribution in [0.4, 0.5) is 13.2 Å². The highest BCUT2D eigenvalue weighted by Crippen LogP contribution is 2.44. The number of alkyl halides is 3. The van der Waals surface area contributed by atoms with Gasteiger partial charge in [0, 0.05) is 13.1 Å². The van der Waals surface area contributed by atoms with Crippen LogP contribution in [0.5, 0.6) is 0 Å². The van der Waals surface area contributed by atoms with Gasteiger partial charge in [0.1, 0.15) is 0 Å². The number of halogens is 3. The van der Waals surface area contributed by atoms with E-state index in [0.717, 1.165) is 0 Å². The van der Waals surface area contributed by atoms with Crippen molar-refractivity contribution in [2.45, 2.75) is 32.0 Å². The average Bonchev–Trinajstić information content (AvgIpc) is 2.88. The van der Waals surface area contributed by atoms with Gasteiger partial charge in [0.05, 0.1) is 19.3 Å². The number of morpholine rings is 1. The predicted octanol–water partition coefficient (Wildman–Crippen LogP) is 1.17. The molecule has 2 unspecified atom stereocenters. The van der Waals surface area contributed by atoms with Gasteiger partial charge in [-0.05, 0) is 19.4 Å². The van der Waals surface area contributed by atoms with Crippen LogP contribution in [0.15, 0.2) is 0 Å². The molecule has 2 aliphatic rings. The molecule has 0 aliphatic carbocycles. The lowest BCUT2D eigenvalue weighted by molar-refractivity contribution is -0.225. The standard InChI is InChI=1S/C12H19F3N2O2/c1-2-9-7-19-6-5-17(9)10(18)11(12(13,14)15)3-4-16-8-11/h9,16H,2-8H2,1H3. The molecule has 19 heavy (non-hydrogen) atoms. The summed E-state index contributed by atoms with van der Waals surface area (Å²) in [6.07, 6.45) is -4.08. The minimum atomic E-state index is -4.51. The summed E-state index contributed by atoms with van der Waals surface area (Å²) in [5, 5.41) is 2.67. The number of hydrogen-bond donors (Lipinski definition) is 1. The number of carbonyl (C=O) groups is 1. The Balaban J connectivity index is 2.24. The summed E-state index contributed by atoms with van der Waals surface area (Å²) < 4.78 is 45.2. The third-order valence-corrected chi connectivity index (χ3v) is 4.07. The van der Waals surface area contributed by atoms with Crippen LogP contribution in [0.3, 0.4) is 0 Å². The van der Waals surface area contributed by atoms with Crippen LogP contribution in [0.25, 0.3) is 0 Å².